The van der Waals surface area contributed by atoms with Crippen molar-refractivity contribution < 1.29 is 30.0 Å². The fourth-order valence-electron chi connectivity index (χ4n) is 5.30. The predicted octanol–water partition coefficient (Wildman–Crippen LogP) is 8.08. The number of carboxylic acids is 2. The average Bonchev–Trinajstić information content (AvgIpc) is 2.88. The molecule has 0 amide bonds. The molecule has 0 aliphatic carbocycles. The SMILES string of the molecule is CCC(C)(C)c1cc(CCC(=O)O)cc(C(c2cc(CCC(=O)O)cc(C(C)(C)CC)c2O)C(C)(C)CC)c1O. The lowest BCUT2D eigenvalue weighted by Gasteiger charge is -2.38. The maximum atomic E-state index is 11.9. The lowest BCUT2D eigenvalue weighted by molar-refractivity contribution is -0.138. The molecule has 0 aromatic heterocycles. The summed E-state index contributed by atoms with van der Waals surface area (Å²) in [5.41, 5.74) is 3.39. The number of rotatable bonds is 14. The highest BCUT2D eigenvalue weighted by atomic mass is 16.4. The van der Waals surface area contributed by atoms with Gasteiger partial charge in [0.15, 0.2) is 0 Å². The van der Waals surface area contributed by atoms with E-state index in [2.05, 4.69) is 62.3 Å². The van der Waals surface area contributed by atoms with Gasteiger partial charge in [-0.05, 0) is 53.1 Å². The molecule has 4 N–H and O–H groups in total. The molecule has 0 saturated heterocycles. The largest absolute Gasteiger partial charge is 0.507 e. The molecule has 40 heavy (non-hydrogen) atoms. The van der Waals surface area contributed by atoms with Gasteiger partial charge < -0.3 is 20.4 Å². The molecule has 0 fully saturated rings. The molecule has 2 aromatic rings. The van der Waals surface area contributed by atoms with E-state index in [1.165, 1.54) is 0 Å². The molecule has 222 valence electrons. The standard InChI is InChI=1S/C34H50O6/c1-10-32(4,5)25-19-21(13-15-27(35)36)17-23(30(25)39)29(34(8,9)12-3)24-18-22(14-16-28(37)38)20-26(31(24)40)33(6,7)11-2/h17-20,29,39-40H,10-16H2,1-9H3,(H,35,36)(H,37,38). The van der Waals surface area contributed by atoms with Gasteiger partial charge in [-0.1, -0.05) is 93.0 Å². The number of aliphatic carboxylic acids is 2. The Morgan fingerprint density at radius 2 is 1.00 bits per heavy atom. The van der Waals surface area contributed by atoms with Gasteiger partial charge in [0.05, 0.1) is 0 Å². The van der Waals surface area contributed by atoms with E-state index >= 15 is 0 Å². The summed E-state index contributed by atoms with van der Waals surface area (Å²) >= 11 is 0. The zero-order valence-electron chi connectivity index (χ0n) is 25.9. The summed E-state index contributed by atoms with van der Waals surface area (Å²) < 4.78 is 0. The van der Waals surface area contributed by atoms with Crippen LogP contribution in [0.25, 0.3) is 0 Å². The van der Waals surface area contributed by atoms with E-state index in [4.69, 9.17) is 0 Å². The van der Waals surface area contributed by atoms with E-state index in [0.29, 0.717) is 24.0 Å². The van der Waals surface area contributed by atoms with Crippen molar-refractivity contribution >= 4 is 11.9 Å². The minimum Gasteiger partial charge on any atom is -0.507 e. The topological polar surface area (TPSA) is 115 Å². The molecule has 0 saturated carbocycles. The first kappa shape index (κ1) is 33.2. The van der Waals surface area contributed by atoms with E-state index in [-0.39, 0.29) is 35.2 Å². The van der Waals surface area contributed by atoms with Crippen LogP contribution < -0.4 is 0 Å². The van der Waals surface area contributed by atoms with E-state index in [1.54, 1.807) is 0 Å². The van der Waals surface area contributed by atoms with E-state index in [1.807, 2.05) is 24.3 Å². The minimum absolute atomic E-state index is 0.0250. The van der Waals surface area contributed by atoms with Crippen molar-refractivity contribution in [2.45, 2.75) is 124 Å². The maximum absolute atomic E-state index is 11.9. The highest BCUT2D eigenvalue weighted by molar-refractivity contribution is 5.68. The molecule has 0 unspecified atom stereocenters. The minimum atomic E-state index is -0.883. The van der Waals surface area contributed by atoms with Crippen LogP contribution in [0.15, 0.2) is 24.3 Å². The summed E-state index contributed by atoms with van der Waals surface area (Å²) in [4.78, 5) is 22.9. The number of phenolic OH excluding ortho intramolecular Hbond substituents is 2. The molecular weight excluding hydrogens is 504 g/mol. The van der Waals surface area contributed by atoms with Gasteiger partial charge in [-0.3, -0.25) is 9.59 Å². The van der Waals surface area contributed by atoms with Crippen molar-refractivity contribution in [2.75, 3.05) is 0 Å². The van der Waals surface area contributed by atoms with Gasteiger partial charge in [0.2, 0.25) is 0 Å². The van der Waals surface area contributed by atoms with Crippen LogP contribution in [-0.4, -0.2) is 32.4 Å². The molecule has 0 aliphatic heterocycles. The van der Waals surface area contributed by atoms with Crippen LogP contribution in [0.1, 0.15) is 134 Å². The number of carbonyl (C=O) groups is 2. The third-order valence-corrected chi connectivity index (χ3v) is 9.19. The number of hydrogen-bond donors (Lipinski definition) is 4. The molecule has 6 heteroatoms. The highest BCUT2D eigenvalue weighted by Crippen LogP contribution is 2.53. The molecule has 0 heterocycles. The van der Waals surface area contributed by atoms with Crippen LogP contribution in [0, 0.1) is 5.41 Å². The molecule has 2 aromatic carbocycles. The Hall–Kier alpha value is -3.02. The van der Waals surface area contributed by atoms with E-state index in [0.717, 1.165) is 41.5 Å². The Labute approximate surface area is 240 Å². The summed E-state index contributed by atoms with van der Waals surface area (Å²) in [7, 11) is 0. The Bertz CT molecular complexity index is 1130. The van der Waals surface area contributed by atoms with Gasteiger partial charge in [-0.15, -0.1) is 0 Å². The lowest BCUT2D eigenvalue weighted by Crippen LogP contribution is -2.26. The van der Waals surface area contributed by atoms with Crippen molar-refractivity contribution in [3.05, 3.63) is 57.6 Å². The van der Waals surface area contributed by atoms with Crippen LogP contribution in [0.4, 0.5) is 0 Å². The number of carboxylic acid groups (broad SMARTS) is 2. The van der Waals surface area contributed by atoms with Crippen molar-refractivity contribution in [1.29, 1.82) is 0 Å². The number of aryl methyl sites for hydroxylation is 2. The monoisotopic (exact) mass is 554 g/mol. The lowest BCUT2D eigenvalue weighted by atomic mass is 9.66. The smallest absolute Gasteiger partial charge is 0.303 e. The molecule has 2 rings (SSSR count). The Morgan fingerprint density at radius 3 is 1.27 bits per heavy atom. The highest BCUT2D eigenvalue weighted by Gasteiger charge is 2.38. The van der Waals surface area contributed by atoms with Gasteiger partial charge in [0.1, 0.15) is 11.5 Å². The average molecular weight is 555 g/mol. The second kappa shape index (κ2) is 12.7. The van der Waals surface area contributed by atoms with E-state index in [9.17, 15) is 30.0 Å². The van der Waals surface area contributed by atoms with Crippen LogP contribution in [0.5, 0.6) is 11.5 Å². The molecular formula is C34H50O6. The quantitative estimate of drug-likeness (QED) is 0.188. The summed E-state index contributed by atoms with van der Waals surface area (Å²) in [6, 6.07) is 7.67. The Morgan fingerprint density at radius 1 is 0.650 bits per heavy atom. The maximum Gasteiger partial charge on any atom is 0.303 e. The molecule has 0 atom stereocenters. The summed E-state index contributed by atoms with van der Waals surface area (Å²) in [5.74, 6) is -1.85. The third kappa shape index (κ3) is 7.38. The Balaban J connectivity index is 3.03. The fraction of sp³-hybridized carbons (Fsp3) is 0.588. The van der Waals surface area contributed by atoms with Crippen molar-refractivity contribution in [2.24, 2.45) is 5.41 Å². The van der Waals surface area contributed by atoms with Gasteiger partial charge >= 0.3 is 11.9 Å². The molecule has 0 spiro atoms. The van der Waals surface area contributed by atoms with E-state index < -0.39 is 23.3 Å². The van der Waals surface area contributed by atoms with Crippen molar-refractivity contribution in [3.8, 4) is 11.5 Å². The third-order valence-electron chi connectivity index (χ3n) is 9.19. The first-order valence-electron chi connectivity index (χ1n) is 14.6. The first-order chi connectivity index (χ1) is 18.4. The van der Waals surface area contributed by atoms with Crippen LogP contribution >= 0.6 is 0 Å². The molecule has 6 nitrogen and oxygen atoms in total. The van der Waals surface area contributed by atoms with Crippen LogP contribution in [0.3, 0.4) is 0 Å². The van der Waals surface area contributed by atoms with Gasteiger partial charge in [-0.25, -0.2) is 0 Å². The second-order valence-electron chi connectivity index (χ2n) is 13.2. The second-order valence-corrected chi connectivity index (χ2v) is 13.2. The zero-order valence-corrected chi connectivity index (χ0v) is 25.9. The van der Waals surface area contributed by atoms with Crippen LogP contribution in [-0.2, 0) is 33.3 Å². The van der Waals surface area contributed by atoms with Crippen LogP contribution in [0.2, 0.25) is 0 Å². The fourth-order valence-corrected chi connectivity index (χ4v) is 5.30. The molecule has 0 bridgehead atoms. The number of aromatic hydroxyl groups is 2. The molecule has 0 aliphatic rings. The molecule has 0 radical (unpaired) electrons. The Kier molecular flexibility index (Phi) is 10.5. The number of phenols is 2. The summed E-state index contributed by atoms with van der Waals surface area (Å²) in [6.45, 7) is 18.7. The normalized spacial score (nSPS) is 12.7. The van der Waals surface area contributed by atoms with Crippen molar-refractivity contribution in [3.63, 3.8) is 0 Å². The predicted molar refractivity (Wildman–Crippen MR) is 161 cm³/mol. The number of hydrogen-bond acceptors (Lipinski definition) is 4. The zero-order chi connectivity index (χ0) is 30.6. The van der Waals surface area contributed by atoms with Gasteiger partial charge in [0, 0.05) is 41.0 Å². The van der Waals surface area contributed by atoms with Gasteiger partial charge in [0.25, 0.3) is 0 Å². The first-order valence-corrected chi connectivity index (χ1v) is 14.6. The van der Waals surface area contributed by atoms with Gasteiger partial charge in [-0.2, -0.15) is 0 Å². The van der Waals surface area contributed by atoms with Crippen molar-refractivity contribution in [1.82, 2.24) is 0 Å². The summed E-state index contributed by atoms with van der Waals surface area (Å²) in [5, 5.41) is 42.5. The number of benzene rings is 2. The summed E-state index contributed by atoms with van der Waals surface area (Å²) in [6.07, 6.45) is 2.89.